The molecule has 1 aromatic heterocycles. The van der Waals surface area contributed by atoms with Crippen LogP contribution in [-0.2, 0) is 17.8 Å². The van der Waals surface area contributed by atoms with Crippen LogP contribution in [0.15, 0.2) is 0 Å². The summed E-state index contributed by atoms with van der Waals surface area (Å²) in [6.07, 6.45) is 6.56. The lowest BCUT2D eigenvalue weighted by molar-refractivity contribution is -0.139. The van der Waals surface area contributed by atoms with Crippen molar-refractivity contribution in [1.29, 1.82) is 0 Å². The number of hydrogen-bond acceptors (Lipinski definition) is 4. The minimum Gasteiger partial charge on any atom is -0.332 e. The Bertz CT molecular complexity index is 549. The Kier molecular flexibility index (Phi) is 7.96. The van der Waals surface area contributed by atoms with Crippen LogP contribution in [0.1, 0.15) is 63.6 Å². The molecule has 2 aliphatic rings. The standard InChI is InChI=1S/C16H27N5O.2ClH/c1-11(12(2)17)16(22)20-9-5-3-7-13(20)15-19-18-14-8-4-6-10-21(14)15;;/h11-13H,3-10,17H2,1-2H3;2*1H. The van der Waals surface area contributed by atoms with Gasteiger partial charge in [-0.1, -0.05) is 6.92 Å². The molecule has 3 atom stereocenters. The van der Waals surface area contributed by atoms with Gasteiger partial charge in [0.25, 0.3) is 0 Å². The first-order valence-corrected chi connectivity index (χ1v) is 8.57. The average Bonchev–Trinajstić information content (AvgIpc) is 2.97. The molecule has 0 aromatic carbocycles. The largest absolute Gasteiger partial charge is 0.332 e. The molecule has 3 heterocycles. The summed E-state index contributed by atoms with van der Waals surface area (Å²) in [5.74, 6) is 2.08. The van der Waals surface area contributed by atoms with Gasteiger partial charge in [0, 0.05) is 25.6 Å². The molecule has 3 rings (SSSR count). The van der Waals surface area contributed by atoms with Crippen molar-refractivity contribution in [3.63, 3.8) is 0 Å². The highest BCUT2D eigenvalue weighted by Crippen LogP contribution is 2.32. The third kappa shape index (κ3) is 4.03. The van der Waals surface area contributed by atoms with Crippen LogP contribution in [-0.4, -0.2) is 38.2 Å². The Labute approximate surface area is 156 Å². The highest BCUT2D eigenvalue weighted by Gasteiger charge is 2.35. The molecule has 0 aliphatic carbocycles. The number of likely N-dealkylation sites (tertiary alicyclic amines) is 1. The SMILES string of the molecule is CC(N)C(C)C(=O)N1CCCCC1c1nnc2n1CCCC2.Cl.Cl. The Morgan fingerprint density at radius 1 is 1.12 bits per heavy atom. The molecular weight excluding hydrogens is 349 g/mol. The van der Waals surface area contributed by atoms with E-state index < -0.39 is 0 Å². The van der Waals surface area contributed by atoms with Crippen molar-refractivity contribution in [3.8, 4) is 0 Å². The molecule has 0 spiro atoms. The third-order valence-electron chi connectivity index (χ3n) is 5.15. The minimum absolute atomic E-state index is 0. The molecule has 0 bridgehead atoms. The number of nitrogens with zero attached hydrogens (tertiary/aromatic N) is 4. The second kappa shape index (κ2) is 9.02. The molecule has 2 aliphatic heterocycles. The summed E-state index contributed by atoms with van der Waals surface area (Å²) in [5, 5.41) is 8.80. The second-order valence-electron chi connectivity index (χ2n) is 6.77. The number of hydrogen-bond donors (Lipinski definition) is 1. The molecule has 1 aromatic rings. The van der Waals surface area contributed by atoms with E-state index in [9.17, 15) is 4.79 Å². The molecule has 0 saturated carbocycles. The molecule has 1 amide bonds. The maximum atomic E-state index is 12.8. The van der Waals surface area contributed by atoms with Crippen LogP contribution in [0.5, 0.6) is 0 Å². The van der Waals surface area contributed by atoms with E-state index in [2.05, 4.69) is 14.8 Å². The lowest BCUT2D eigenvalue weighted by Gasteiger charge is -2.37. The van der Waals surface area contributed by atoms with Crippen LogP contribution < -0.4 is 5.73 Å². The number of halogens is 2. The molecule has 2 N–H and O–H groups in total. The summed E-state index contributed by atoms with van der Waals surface area (Å²) < 4.78 is 2.25. The number of aryl methyl sites for hydroxylation is 1. The van der Waals surface area contributed by atoms with E-state index in [1.165, 1.54) is 12.8 Å². The number of piperidine rings is 1. The monoisotopic (exact) mass is 377 g/mol. The maximum Gasteiger partial charge on any atom is 0.227 e. The Morgan fingerprint density at radius 2 is 1.83 bits per heavy atom. The Morgan fingerprint density at radius 3 is 2.54 bits per heavy atom. The topological polar surface area (TPSA) is 77.0 Å². The lowest BCUT2D eigenvalue weighted by Crippen LogP contribution is -2.46. The number of aromatic nitrogens is 3. The van der Waals surface area contributed by atoms with Crippen LogP contribution in [0.4, 0.5) is 0 Å². The fourth-order valence-corrected chi connectivity index (χ4v) is 3.53. The Hall–Kier alpha value is -0.850. The van der Waals surface area contributed by atoms with Gasteiger partial charge in [-0.3, -0.25) is 4.79 Å². The highest BCUT2D eigenvalue weighted by atomic mass is 35.5. The van der Waals surface area contributed by atoms with Crippen molar-refractivity contribution in [3.05, 3.63) is 11.6 Å². The number of fused-ring (bicyclic) bond motifs is 1. The van der Waals surface area contributed by atoms with Gasteiger partial charge in [0.15, 0.2) is 5.82 Å². The van der Waals surface area contributed by atoms with Crippen LogP contribution in [0.3, 0.4) is 0 Å². The van der Waals surface area contributed by atoms with Crippen molar-refractivity contribution in [1.82, 2.24) is 19.7 Å². The summed E-state index contributed by atoms with van der Waals surface area (Å²) in [5.41, 5.74) is 5.94. The van der Waals surface area contributed by atoms with E-state index in [-0.39, 0.29) is 48.7 Å². The van der Waals surface area contributed by atoms with Crippen molar-refractivity contribution >= 4 is 30.7 Å². The van der Waals surface area contributed by atoms with E-state index in [1.807, 2.05) is 18.7 Å². The Balaban J connectivity index is 0.00000144. The zero-order valence-electron chi connectivity index (χ0n) is 14.5. The van der Waals surface area contributed by atoms with Gasteiger partial charge in [0.05, 0.1) is 12.0 Å². The number of carbonyl (C=O) groups excluding carboxylic acids is 1. The van der Waals surface area contributed by atoms with Crippen LogP contribution in [0, 0.1) is 5.92 Å². The van der Waals surface area contributed by atoms with Crippen LogP contribution in [0.25, 0.3) is 0 Å². The summed E-state index contributed by atoms with van der Waals surface area (Å²) in [6, 6.07) is -0.0517. The van der Waals surface area contributed by atoms with Crippen molar-refractivity contribution in [2.45, 2.75) is 71.0 Å². The first-order chi connectivity index (χ1) is 10.6. The molecule has 6 nitrogen and oxygen atoms in total. The lowest BCUT2D eigenvalue weighted by atomic mass is 9.96. The molecule has 0 radical (unpaired) electrons. The van der Waals surface area contributed by atoms with Gasteiger partial charge in [-0.15, -0.1) is 35.0 Å². The summed E-state index contributed by atoms with van der Waals surface area (Å²) in [6.45, 7) is 5.63. The quantitative estimate of drug-likeness (QED) is 0.877. The van der Waals surface area contributed by atoms with E-state index in [1.54, 1.807) is 0 Å². The molecule has 1 fully saturated rings. The highest BCUT2D eigenvalue weighted by molar-refractivity contribution is 5.85. The van der Waals surface area contributed by atoms with Gasteiger partial charge in [0.2, 0.25) is 5.91 Å². The smallest absolute Gasteiger partial charge is 0.227 e. The summed E-state index contributed by atoms with van der Waals surface area (Å²) >= 11 is 0. The molecule has 8 heteroatoms. The van der Waals surface area contributed by atoms with Crippen molar-refractivity contribution in [2.75, 3.05) is 6.54 Å². The first-order valence-electron chi connectivity index (χ1n) is 8.57. The number of carbonyl (C=O) groups is 1. The predicted octanol–water partition coefficient (Wildman–Crippen LogP) is 2.49. The van der Waals surface area contributed by atoms with E-state index in [4.69, 9.17) is 5.73 Å². The van der Waals surface area contributed by atoms with E-state index in [0.29, 0.717) is 0 Å². The summed E-state index contributed by atoms with van der Waals surface area (Å²) in [7, 11) is 0. The van der Waals surface area contributed by atoms with Gasteiger partial charge in [-0.25, -0.2) is 0 Å². The van der Waals surface area contributed by atoms with E-state index >= 15 is 0 Å². The zero-order chi connectivity index (χ0) is 15.7. The zero-order valence-corrected chi connectivity index (χ0v) is 16.1. The molecule has 1 saturated heterocycles. The maximum absolute atomic E-state index is 12.8. The van der Waals surface area contributed by atoms with Crippen molar-refractivity contribution in [2.24, 2.45) is 11.7 Å². The van der Waals surface area contributed by atoms with Gasteiger partial charge in [-0.05, 0) is 39.0 Å². The van der Waals surface area contributed by atoms with Gasteiger partial charge >= 0.3 is 0 Å². The van der Waals surface area contributed by atoms with Gasteiger partial charge in [0.1, 0.15) is 5.82 Å². The average molecular weight is 378 g/mol. The first kappa shape index (κ1) is 21.2. The van der Waals surface area contributed by atoms with Gasteiger partial charge < -0.3 is 15.2 Å². The fraction of sp³-hybridized carbons (Fsp3) is 0.812. The predicted molar refractivity (Wildman–Crippen MR) is 98.6 cm³/mol. The normalized spacial score (nSPS) is 22.6. The molecule has 3 unspecified atom stereocenters. The number of rotatable bonds is 3. The third-order valence-corrected chi connectivity index (χ3v) is 5.15. The van der Waals surface area contributed by atoms with Gasteiger partial charge in [-0.2, -0.15) is 0 Å². The fourth-order valence-electron chi connectivity index (χ4n) is 3.53. The number of nitrogens with two attached hydrogens (primary N) is 1. The summed E-state index contributed by atoms with van der Waals surface area (Å²) in [4.78, 5) is 14.8. The van der Waals surface area contributed by atoms with Crippen molar-refractivity contribution < 1.29 is 4.79 Å². The molecular formula is C16H29Cl2N5O. The minimum atomic E-state index is -0.149. The van der Waals surface area contributed by atoms with Crippen LogP contribution in [0.2, 0.25) is 0 Å². The molecule has 138 valence electrons. The number of amides is 1. The second-order valence-corrected chi connectivity index (χ2v) is 6.77. The van der Waals surface area contributed by atoms with E-state index in [0.717, 1.165) is 50.4 Å². The molecule has 24 heavy (non-hydrogen) atoms. The van der Waals surface area contributed by atoms with Crippen LogP contribution >= 0.6 is 24.8 Å².